The van der Waals surface area contributed by atoms with Gasteiger partial charge in [0.1, 0.15) is 12.6 Å². The number of carbonyl (C=O) groups is 3. The summed E-state index contributed by atoms with van der Waals surface area (Å²) in [4.78, 5) is 37.1. The van der Waals surface area contributed by atoms with Crippen LogP contribution in [-0.2, 0) is 27.4 Å². The van der Waals surface area contributed by atoms with Crippen LogP contribution in [0.1, 0.15) is 25.0 Å². The highest BCUT2D eigenvalue weighted by molar-refractivity contribution is 5.91. The topological polar surface area (TPSA) is 131 Å². The summed E-state index contributed by atoms with van der Waals surface area (Å²) < 4.78 is 5.16. The Kier molecular flexibility index (Phi) is 7.94. The molecule has 1 unspecified atom stereocenters. The second-order valence-electron chi connectivity index (χ2n) is 7.53. The number of hydrogen-bond donors (Lipinski definition) is 4. The van der Waals surface area contributed by atoms with Crippen LogP contribution in [0.4, 0.5) is 4.79 Å². The van der Waals surface area contributed by atoms with Crippen molar-refractivity contribution in [1.29, 1.82) is 0 Å². The molecule has 5 N–H and O–H groups in total. The van der Waals surface area contributed by atoms with Crippen LogP contribution in [0.15, 0.2) is 60.7 Å². The van der Waals surface area contributed by atoms with Gasteiger partial charge in [0.15, 0.2) is 0 Å². The van der Waals surface area contributed by atoms with E-state index in [-0.39, 0.29) is 13.0 Å². The van der Waals surface area contributed by atoms with Gasteiger partial charge in [-0.3, -0.25) is 9.59 Å². The first-order valence-electron chi connectivity index (χ1n) is 9.50. The van der Waals surface area contributed by atoms with Gasteiger partial charge in [0.05, 0.1) is 11.6 Å². The second-order valence-corrected chi connectivity index (χ2v) is 7.53. The van der Waals surface area contributed by atoms with Crippen LogP contribution in [0.3, 0.4) is 0 Å². The number of rotatable bonds is 9. The number of hydrogen-bond acceptors (Lipinski definition) is 5. The Balaban J connectivity index is 2.17. The minimum Gasteiger partial charge on any atom is -0.481 e. The molecule has 0 aromatic heterocycles. The number of carboxylic acid groups (broad SMARTS) is 1. The molecule has 0 fully saturated rings. The number of alkyl carbamates (subject to hydrolysis) is 1. The number of benzene rings is 2. The summed E-state index contributed by atoms with van der Waals surface area (Å²) in [5.74, 6) is -3.15. The quantitative estimate of drug-likeness (QED) is 0.465. The van der Waals surface area contributed by atoms with Crippen LogP contribution in [-0.4, -0.2) is 34.8 Å². The zero-order valence-corrected chi connectivity index (χ0v) is 17.0. The Morgan fingerprint density at radius 2 is 1.53 bits per heavy atom. The van der Waals surface area contributed by atoms with Crippen LogP contribution in [0.5, 0.6) is 0 Å². The smallest absolute Gasteiger partial charge is 0.408 e. The summed E-state index contributed by atoms with van der Waals surface area (Å²) >= 11 is 0. The van der Waals surface area contributed by atoms with Gasteiger partial charge in [-0.05, 0) is 31.4 Å². The molecular weight excluding hydrogens is 386 g/mol. The Labute approximate surface area is 175 Å². The number of nitrogens with one attached hydrogen (secondary N) is 2. The first kappa shape index (κ1) is 22.9. The molecule has 2 atom stereocenters. The van der Waals surface area contributed by atoms with Gasteiger partial charge >= 0.3 is 12.1 Å². The molecule has 2 amide bonds. The van der Waals surface area contributed by atoms with Crippen LogP contribution in [0.25, 0.3) is 0 Å². The van der Waals surface area contributed by atoms with Crippen LogP contribution in [0, 0.1) is 5.92 Å². The third-order valence-electron chi connectivity index (χ3n) is 4.23. The maximum absolute atomic E-state index is 12.8. The van der Waals surface area contributed by atoms with Gasteiger partial charge in [-0.25, -0.2) is 4.79 Å². The third-order valence-corrected chi connectivity index (χ3v) is 4.23. The van der Waals surface area contributed by atoms with E-state index in [1.807, 2.05) is 6.07 Å². The molecule has 30 heavy (non-hydrogen) atoms. The number of aliphatic carboxylic acids is 1. The predicted molar refractivity (Wildman–Crippen MR) is 111 cm³/mol. The van der Waals surface area contributed by atoms with Crippen molar-refractivity contribution in [1.82, 2.24) is 10.6 Å². The lowest BCUT2D eigenvalue weighted by Gasteiger charge is -2.28. The minimum absolute atomic E-state index is 0.0141. The average Bonchev–Trinajstić information content (AvgIpc) is 2.69. The average molecular weight is 413 g/mol. The van der Waals surface area contributed by atoms with Crippen molar-refractivity contribution in [2.24, 2.45) is 11.7 Å². The summed E-state index contributed by atoms with van der Waals surface area (Å²) in [7, 11) is 0. The third kappa shape index (κ3) is 7.56. The van der Waals surface area contributed by atoms with Crippen molar-refractivity contribution in [2.45, 2.75) is 38.6 Å². The first-order valence-corrected chi connectivity index (χ1v) is 9.50. The van der Waals surface area contributed by atoms with Gasteiger partial charge in [0.25, 0.3) is 0 Å². The van der Waals surface area contributed by atoms with E-state index in [2.05, 4.69) is 10.6 Å². The molecule has 0 spiro atoms. The molecule has 0 bridgehead atoms. The predicted octanol–water partition coefficient (Wildman–Crippen LogP) is 2.04. The van der Waals surface area contributed by atoms with E-state index in [0.717, 1.165) is 5.56 Å². The highest BCUT2D eigenvalue weighted by Gasteiger charge is 2.37. The van der Waals surface area contributed by atoms with Gasteiger partial charge in [0, 0.05) is 0 Å². The number of ether oxygens (including phenoxy) is 1. The van der Waals surface area contributed by atoms with Crippen LogP contribution < -0.4 is 16.4 Å². The Morgan fingerprint density at radius 3 is 2.03 bits per heavy atom. The van der Waals surface area contributed by atoms with E-state index < -0.39 is 35.6 Å². The van der Waals surface area contributed by atoms with Crippen LogP contribution >= 0.6 is 0 Å². The zero-order chi connectivity index (χ0) is 22.1. The fraction of sp³-hybridized carbons (Fsp3) is 0.318. The molecule has 0 saturated carbocycles. The van der Waals surface area contributed by atoms with Gasteiger partial charge in [-0.1, -0.05) is 60.7 Å². The second kappa shape index (κ2) is 10.4. The standard InChI is InChI=1S/C22H27N3O5/c1-22(2,23)25-19(26)18(17(20(27)28)13-15-9-5-3-6-10-15)24-21(29)30-14-16-11-7-4-8-12-16/h3-12,17-18H,13-14,23H2,1-2H3,(H,24,29)(H,25,26)(H,27,28)/t17?,18-/m0/s1. The minimum atomic E-state index is -1.38. The highest BCUT2D eigenvalue weighted by Crippen LogP contribution is 2.15. The van der Waals surface area contributed by atoms with E-state index >= 15 is 0 Å². The van der Waals surface area contributed by atoms with Crippen molar-refractivity contribution < 1.29 is 24.2 Å². The van der Waals surface area contributed by atoms with Crippen molar-refractivity contribution in [3.8, 4) is 0 Å². The van der Waals surface area contributed by atoms with Gasteiger partial charge in [-0.15, -0.1) is 0 Å². The number of amides is 2. The Hall–Kier alpha value is -3.39. The molecule has 0 radical (unpaired) electrons. The SMILES string of the molecule is CC(C)(N)NC(=O)[C@@H](NC(=O)OCc1ccccc1)C(Cc1ccccc1)C(=O)O. The van der Waals surface area contributed by atoms with E-state index in [0.29, 0.717) is 5.56 Å². The summed E-state index contributed by atoms with van der Waals surface area (Å²) in [6.07, 6.45) is -0.855. The number of nitrogens with two attached hydrogens (primary N) is 1. The van der Waals surface area contributed by atoms with Crippen molar-refractivity contribution in [2.75, 3.05) is 0 Å². The molecule has 0 saturated heterocycles. The van der Waals surface area contributed by atoms with E-state index in [9.17, 15) is 19.5 Å². The summed E-state index contributed by atoms with van der Waals surface area (Å²) in [5, 5.41) is 14.7. The molecule has 8 heteroatoms. The van der Waals surface area contributed by atoms with Crippen molar-refractivity contribution in [3.05, 3.63) is 71.8 Å². The van der Waals surface area contributed by atoms with Gasteiger partial charge in [0.2, 0.25) is 5.91 Å². The molecule has 2 aromatic carbocycles. The molecule has 2 aromatic rings. The number of carboxylic acids is 1. The van der Waals surface area contributed by atoms with E-state index in [1.165, 1.54) is 0 Å². The molecule has 0 aliphatic carbocycles. The monoisotopic (exact) mass is 413 g/mol. The fourth-order valence-corrected chi connectivity index (χ4v) is 2.85. The molecule has 0 aliphatic heterocycles. The van der Waals surface area contributed by atoms with Crippen molar-refractivity contribution in [3.63, 3.8) is 0 Å². The van der Waals surface area contributed by atoms with E-state index in [1.54, 1.807) is 68.4 Å². The lowest BCUT2D eigenvalue weighted by atomic mass is 9.91. The van der Waals surface area contributed by atoms with Crippen LogP contribution in [0.2, 0.25) is 0 Å². The number of carbonyl (C=O) groups excluding carboxylic acids is 2. The highest BCUT2D eigenvalue weighted by atomic mass is 16.5. The zero-order valence-electron chi connectivity index (χ0n) is 17.0. The summed E-state index contributed by atoms with van der Waals surface area (Å²) in [5.41, 5.74) is 6.23. The van der Waals surface area contributed by atoms with Crippen molar-refractivity contribution >= 4 is 18.0 Å². The maximum atomic E-state index is 12.8. The largest absolute Gasteiger partial charge is 0.481 e. The molecule has 0 heterocycles. The summed E-state index contributed by atoms with van der Waals surface area (Å²) in [6, 6.07) is 16.5. The van der Waals surface area contributed by atoms with E-state index in [4.69, 9.17) is 10.5 Å². The normalized spacial score (nSPS) is 13.0. The molecule has 160 valence electrons. The Bertz CT molecular complexity index is 850. The lowest BCUT2D eigenvalue weighted by molar-refractivity contribution is -0.145. The molecular formula is C22H27N3O5. The maximum Gasteiger partial charge on any atom is 0.408 e. The molecule has 2 rings (SSSR count). The fourth-order valence-electron chi connectivity index (χ4n) is 2.85. The van der Waals surface area contributed by atoms with Gasteiger partial charge < -0.3 is 26.2 Å². The Morgan fingerprint density at radius 1 is 1.00 bits per heavy atom. The lowest BCUT2D eigenvalue weighted by Crippen LogP contribution is -2.60. The summed E-state index contributed by atoms with van der Waals surface area (Å²) in [6.45, 7) is 3.10. The van der Waals surface area contributed by atoms with Gasteiger partial charge in [-0.2, -0.15) is 0 Å². The first-order chi connectivity index (χ1) is 14.2. The molecule has 8 nitrogen and oxygen atoms in total. The molecule has 0 aliphatic rings.